The summed E-state index contributed by atoms with van der Waals surface area (Å²) in [6.07, 6.45) is 4.02. The van der Waals surface area contributed by atoms with Gasteiger partial charge in [-0.25, -0.2) is 4.39 Å². The molecular formula is C32H36BClFN3O4. The molecule has 1 amide bonds. The summed E-state index contributed by atoms with van der Waals surface area (Å²) in [4.78, 5) is 30.8. The first-order valence-electron chi connectivity index (χ1n) is 14.5. The predicted octanol–water partition coefficient (Wildman–Crippen LogP) is 7.00. The third-order valence-corrected chi connectivity index (χ3v) is 9.99. The molecule has 1 saturated heterocycles. The number of hydrogen-bond acceptors (Lipinski definition) is 5. The number of aromatic nitrogens is 2. The highest BCUT2D eigenvalue weighted by molar-refractivity contribution is 6.49. The lowest BCUT2D eigenvalue weighted by molar-refractivity contribution is -0.120. The molecule has 0 unspecified atom stereocenters. The highest BCUT2D eigenvalue weighted by Gasteiger charge is 2.60. The number of rotatable bonds is 6. The van der Waals surface area contributed by atoms with Gasteiger partial charge in [-0.15, -0.1) is 0 Å². The summed E-state index contributed by atoms with van der Waals surface area (Å²) < 4.78 is 29.7. The van der Waals surface area contributed by atoms with Crippen LogP contribution in [0.5, 0.6) is 0 Å². The summed E-state index contributed by atoms with van der Waals surface area (Å²) in [6, 6.07) is 8.48. The molecule has 2 aromatic heterocycles. The maximum absolute atomic E-state index is 15.6. The van der Waals surface area contributed by atoms with Crippen LogP contribution in [0, 0.1) is 25.1 Å². The Morgan fingerprint density at radius 2 is 1.79 bits per heavy atom. The summed E-state index contributed by atoms with van der Waals surface area (Å²) in [5, 5.41) is 2.89. The fraction of sp³-hybridized carbons (Fsp3) is 0.469. The highest BCUT2D eigenvalue weighted by Crippen LogP contribution is 2.59. The summed E-state index contributed by atoms with van der Waals surface area (Å²) in [6.45, 7) is 13.7. The standard InChI is InChI=1S/C32H36BClFN3O4/c1-17-16-36-24(19-9-8-10-23(27(19)35)37-29(40)32(7)11-12-32)15-25(17)38-18(2)13-21(26(34)28(38)39)20-14-22(20)33-41-30(3,4)31(5,6)42-33/h8-10,13,15-16,20,22H,11-12,14H2,1-7H3,(H,37,40)/t20-,22+/m1/s1. The van der Waals surface area contributed by atoms with Crippen LogP contribution >= 0.6 is 11.6 Å². The molecule has 2 aliphatic carbocycles. The molecule has 1 N–H and O–H groups in total. The second-order valence-corrected chi connectivity index (χ2v) is 13.7. The molecule has 42 heavy (non-hydrogen) atoms. The molecule has 3 fully saturated rings. The number of nitrogens with one attached hydrogen (secondary N) is 1. The van der Waals surface area contributed by atoms with Crippen LogP contribution in [-0.2, 0) is 14.1 Å². The number of anilines is 1. The average Bonchev–Trinajstić information content (AvgIpc) is 3.84. The van der Waals surface area contributed by atoms with Crippen molar-refractivity contribution >= 4 is 30.3 Å². The molecule has 2 saturated carbocycles. The maximum Gasteiger partial charge on any atom is 0.461 e. The zero-order valence-electron chi connectivity index (χ0n) is 25.1. The lowest BCUT2D eigenvalue weighted by atomic mass is 9.79. The molecule has 1 aromatic carbocycles. The van der Waals surface area contributed by atoms with Gasteiger partial charge in [0.05, 0.1) is 28.3 Å². The van der Waals surface area contributed by atoms with Crippen LogP contribution in [0.2, 0.25) is 10.8 Å². The Morgan fingerprint density at radius 3 is 2.43 bits per heavy atom. The lowest BCUT2D eigenvalue weighted by Gasteiger charge is -2.32. The van der Waals surface area contributed by atoms with Crippen molar-refractivity contribution in [1.82, 2.24) is 9.55 Å². The van der Waals surface area contributed by atoms with E-state index >= 15 is 4.39 Å². The summed E-state index contributed by atoms with van der Waals surface area (Å²) >= 11 is 6.75. The Labute approximate surface area is 250 Å². The number of pyridine rings is 2. The molecular weight excluding hydrogens is 556 g/mol. The minimum atomic E-state index is -0.572. The van der Waals surface area contributed by atoms with Crippen LogP contribution in [0.3, 0.4) is 0 Å². The van der Waals surface area contributed by atoms with E-state index in [1.165, 1.54) is 0 Å². The van der Waals surface area contributed by atoms with E-state index in [0.29, 0.717) is 17.1 Å². The van der Waals surface area contributed by atoms with E-state index in [1.807, 2.05) is 54.5 Å². The van der Waals surface area contributed by atoms with Crippen LogP contribution in [0.15, 0.2) is 41.3 Å². The van der Waals surface area contributed by atoms with Crippen molar-refractivity contribution in [3.63, 3.8) is 0 Å². The first kappa shape index (κ1) is 29.1. The molecule has 1 aliphatic heterocycles. The van der Waals surface area contributed by atoms with Crippen LogP contribution in [-0.4, -0.2) is 33.8 Å². The molecule has 220 valence electrons. The van der Waals surface area contributed by atoms with Crippen molar-refractivity contribution in [3.8, 4) is 16.9 Å². The van der Waals surface area contributed by atoms with E-state index in [-0.39, 0.29) is 46.6 Å². The van der Waals surface area contributed by atoms with Gasteiger partial charge in [0.1, 0.15) is 5.02 Å². The molecule has 0 spiro atoms. The van der Waals surface area contributed by atoms with E-state index in [2.05, 4.69) is 10.3 Å². The number of halogens is 2. The van der Waals surface area contributed by atoms with Gasteiger partial charge in [0.2, 0.25) is 5.91 Å². The van der Waals surface area contributed by atoms with Crippen LogP contribution < -0.4 is 10.9 Å². The van der Waals surface area contributed by atoms with E-state index in [9.17, 15) is 9.59 Å². The van der Waals surface area contributed by atoms with Gasteiger partial charge in [-0.05, 0) is 102 Å². The number of amides is 1. The minimum absolute atomic E-state index is 0.0623. The molecule has 7 nitrogen and oxygen atoms in total. The molecule has 3 heterocycles. The predicted molar refractivity (Wildman–Crippen MR) is 163 cm³/mol. The fourth-order valence-electron chi connectivity index (χ4n) is 5.66. The van der Waals surface area contributed by atoms with Gasteiger partial charge in [-0.3, -0.25) is 19.1 Å². The number of carbonyl (C=O) groups excluding carboxylic acids is 1. The second-order valence-electron chi connectivity index (χ2n) is 13.4. The van der Waals surface area contributed by atoms with E-state index < -0.39 is 22.4 Å². The van der Waals surface area contributed by atoms with Gasteiger partial charge in [-0.1, -0.05) is 24.6 Å². The van der Waals surface area contributed by atoms with E-state index in [4.69, 9.17) is 20.9 Å². The number of carbonyl (C=O) groups is 1. The third-order valence-electron chi connectivity index (χ3n) is 9.61. The lowest BCUT2D eigenvalue weighted by Crippen LogP contribution is -2.41. The number of nitrogens with zero attached hydrogens (tertiary/aromatic N) is 2. The smallest absolute Gasteiger partial charge is 0.403 e. The molecule has 3 aromatic rings. The number of benzene rings is 1. The Morgan fingerprint density at radius 1 is 1.12 bits per heavy atom. The van der Waals surface area contributed by atoms with E-state index in [1.54, 1.807) is 35.0 Å². The van der Waals surface area contributed by atoms with Crippen LogP contribution in [0.1, 0.15) is 76.6 Å². The SMILES string of the molecule is Cc1cnc(-c2cccc(NC(=O)C3(C)CC3)c2F)cc1-n1c(C)cc([C@H]2C[C@@H]2B2OC(C)(C)C(C)(C)O2)c(Cl)c1=O. The second kappa shape index (κ2) is 9.76. The Balaban J connectivity index is 1.31. The molecule has 2 atom stereocenters. The first-order valence-corrected chi connectivity index (χ1v) is 14.9. The topological polar surface area (TPSA) is 82.5 Å². The zero-order valence-corrected chi connectivity index (χ0v) is 25.9. The monoisotopic (exact) mass is 591 g/mol. The third kappa shape index (κ3) is 4.79. The van der Waals surface area contributed by atoms with Crippen molar-refractivity contribution in [2.24, 2.45) is 5.41 Å². The van der Waals surface area contributed by atoms with Gasteiger partial charge < -0.3 is 14.6 Å². The van der Waals surface area contributed by atoms with Gasteiger partial charge in [-0.2, -0.15) is 0 Å². The Hall–Kier alpha value is -3.01. The van der Waals surface area contributed by atoms with Crippen molar-refractivity contribution in [1.29, 1.82) is 0 Å². The molecule has 10 heteroatoms. The normalized spacial score (nSPS) is 23.1. The summed E-state index contributed by atoms with van der Waals surface area (Å²) in [7, 11) is -0.355. The highest BCUT2D eigenvalue weighted by atomic mass is 35.5. The Kier molecular flexibility index (Phi) is 6.76. The fourth-order valence-corrected chi connectivity index (χ4v) is 5.94. The van der Waals surface area contributed by atoms with Crippen molar-refractivity contribution in [2.45, 2.75) is 90.7 Å². The van der Waals surface area contributed by atoms with Gasteiger partial charge >= 0.3 is 7.12 Å². The van der Waals surface area contributed by atoms with E-state index in [0.717, 1.165) is 30.4 Å². The Bertz CT molecular complexity index is 1670. The van der Waals surface area contributed by atoms with Gasteiger partial charge in [0.15, 0.2) is 5.82 Å². The van der Waals surface area contributed by atoms with Crippen molar-refractivity contribution in [3.05, 3.63) is 74.5 Å². The summed E-state index contributed by atoms with van der Waals surface area (Å²) in [5.74, 6) is -0.584. The van der Waals surface area contributed by atoms with Crippen molar-refractivity contribution < 1.29 is 18.5 Å². The van der Waals surface area contributed by atoms with Crippen LogP contribution in [0.25, 0.3) is 16.9 Å². The summed E-state index contributed by atoms with van der Waals surface area (Å²) in [5.41, 5.74) is 1.85. The largest absolute Gasteiger partial charge is 0.461 e. The van der Waals surface area contributed by atoms with Gasteiger partial charge in [0.25, 0.3) is 5.56 Å². The molecule has 0 bridgehead atoms. The quantitative estimate of drug-likeness (QED) is 0.312. The first-order chi connectivity index (χ1) is 19.6. The minimum Gasteiger partial charge on any atom is -0.403 e. The van der Waals surface area contributed by atoms with Gasteiger partial charge in [0, 0.05) is 28.7 Å². The van der Waals surface area contributed by atoms with Crippen LogP contribution in [0.4, 0.5) is 10.1 Å². The number of aryl methyl sites for hydroxylation is 2. The maximum atomic E-state index is 15.6. The molecule has 0 radical (unpaired) electrons. The average molecular weight is 592 g/mol. The van der Waals surface area contributed by atoms with Crippen molar-refractivity contribution in [2.75, 3.05) is 5.32 Å². The number of hydrogen-bond donors (Lipinski definition) is 1. The molecule has 3 aliphatic rings. The zero-order chi connectivity index (χ0) is 30.4. The molecule has 6 rings (SSSR count).